The Morgan fingerprint density at radius 2 is 1.66 bits per heavy atom. The molecule has 0 bridgehead atoms. The average molecular weight is 510 g/mol. The maximum absolute atomic E-state index is 5.42. The maximum atomic E-state index is 5.42. The summed E-state index contributed by atoms with van der Waals surface area (Å²) in [5.41, 5.74) is 3.76. The fraction of sp³-hybridized carbons (Fsp3) is 0.409. The van der Waals surface area contributed by atoms with E-state index >= 15 is 0 Å². The van der Waals surface area contributed by atoms with E-state index in [1.165, 1.54) is 16.8 Å². The van der Waals surface area contributed by atoms with Gasteiger partial charge in [0.15, 0.2) is 5.96 Å². The van der Waals surface area contributed by atoms with E-state index in [-0.39, 0.29) is 24.0 Å². The van der Waals surface area contributed by atoms with E-state index in [4.69, 9.17) is 9.47 Å². The number of benzene rings is 2. The van der Waals surface area contributed by atoms with E-state index in [2.05, 4.69) is 56.9 Å². The molecule has 0 atom stereocenters. The molecule has 29 heavy (non-hydrogen) atoms. The predicted molar refractivity (Wildman–Crippen MR) is 130 cm³/mol. The molecule has 1 aliphatic rings. The molecule has 1 saturated heterocycles. The number of nitrogens with zero attached hydrogens (tertiary/aromatic N) is 2. The summed E-state index contributed by atoms with van der Waals surface area (Å²) in [5.74, 6) is 1.69. The van der Waals surface area contributed by atoms with Crippen LogP contribution in [-0.4, -0.2) is 53.0 Å². The van der Waals surface area contributed by atoms with Crippen LogP contribution in [-0.2, 0) is 17.7 Å². The quantitative estimate of drug-likeness (QED) is 0.341. The van der Waals surface area contributed by atoms with E-state index < -0.39 is 0 Å². The molecule has 0 unspecified atom stereocenters. The first-order valence-electron chi connectivity index (χ1n) is 9.77. The minimum absolute atomic E-state index is 0. The standard InChI is InChI=1S/C22H30N4O2.HI/c1-23-22(24-12-11-18-5-9-21(27-2)10-6-18)25-17-19-3-7-20(8-4-19)26-13-15-28-16-14-26;/h3-10H,11-17H2,1-2H3,(H2,23,24,25);1H. The number of hydrogen-bond acceptors (Lipinski definition) is 4. The molecule has 0 spiro atoms. The van der Waals surface area contributed by atoms with Crippen LogP contribution in [0.2, 0.25) is 0 Å². The van der Waals surface area contributed by atoms with Crippen molar-refractivity contribution < 1.29 is 9.47 Å². The summed E-state index contributed by atoms with van der Waals surface area (Å²) >= 11 is 0. The van der Waals surface area contributed by atoms with Gasteiger partial charge in [0.25, 0.3) is 0 Å². The lowest BCUT2D eigenvalue weighted by Gasteiger charge is -2.28. The van der Waals surface area contributed by atoms with Crippen LogP contribution in [0.25, 0.3) is 0 Å². The second-order valence-corrected chi connectivity index (χ2v) is 6.72. The molecule has 1 fully saturated rings. The van der Waals surface area contributed by atoms with Crippen LogP contribution in [0.5, 0.6) is 5.75 Å². The number of rotatable bonds is 7. The van der Waals surface area contributed by atoms with E-state index in [9.17, 15) is 0 Å². The Bertz CT molecular complexity index is 744. The van der Waals surface area contributed by atoms with Crippen molar-refractivity contribution >= 4 is 35.6 Å². The van der Waals surface area contributed by atoms with Gasteiger partial charge in [0.2, 0.25) is 0 Å². The largest absolute Gasteiger partial charge is 0.497 e. The van der Waals surface area contributed by atoms with Crippen molar-refractivity contribution in [1.82, 2.24) is 10.6 Å². The first-order valence-corrected chi connectivity index (χ1v) is 9.77. The minimum atomic E-state index is 0. The van der Waals surface area contributed by atoms with Crippen molar-refractivity contribution in [3.05, 3.63) is 59.7 Å². The lowest BCUT2D eigenvalue weighted by molar-refractivity contribution is 0.122. The molecule has 158 valence electrons. The minimum Gasteiger partial charge on any atom is -0.497 e. The van der Waals surface area contributed by atoms with E-state index in [1.807, 2.05) is 12.1 Å². The fourth-order valence-electron chi connectivity index (χ4n) is 3.17. The molecule has 2 aromatic rings. The summed E-state index contributed by atoms with van der Waals surface area (Å²) in [7, 11) is 3.48. The van der Waals surface area contributed by atoms with Crippen molar-refractivity contribution in [2.75, 3.05) is 51.9 Å². The Kier molecular flexibility index (Phi) is 10.1. The molecule has 1 heterocycles. The normalized spacial score (nSPS) is 14.1. The van der Waals surface area contributed by atoms with Gasteiger partial charge in [0.05, 0.1) is 20.3 Å². The van der Waals surface area contributed by atoms with Crippen LogP contribution in [0.3, 0.4) is 0 Å². The summed E-state index contributed by atoms with van der Waals surface area (Å²) in [6.07, 6.45) is 0.930. The summed E-state index contributed by atoms with van der Waals surface area (Å²) in [5, 5.41) is 6.74. The molecule has 0 aliphatic carbocycles. The van der Waals surface area contributed by atoms with E-state index in [1.54, 1.807) is 14.2 Å². The van der Waals surface area contributed by atoms with Gasteiger partial charge in [-0.15, -0.1) is 24.0 Å². The number of ether oxygens (including phenoxy) is 2. The molecular weight excluding hydrogens is 479 g/mol. The zero-order valence-corrected chi connectivity index (χ0v) is 19.5. The van der Waals surface area contributed by atoms with Crippen LogP contribution in [0.15, 0.2) is 53.5 Å². The third kappa shape index (κ3) is 7.40. The molecule has 1 aliphatic heterocycles. The monoisotopic (exact) mass is 510 g/mol. The average Bonchev–Trinajstić information content (AvgIpc) is 2.77. The molecule has 6 nitrogen and oxygen atoms in total. The van der Waals surface area contributed by atoms with E-state index in [0.717, 1.165) is 57.5 Å². The Balaban J connectivity index is 0.00000300. The summed E-state index contributed by atoms with van der Waals surface area (Å²) < 4.78 is 10.6. The summed E-state index contributed by atoms with van der Waals surface area (Å²) in [4.78, 5) is 6.67. The molecule has 0 saturated carbocycles. The number of guanidine groups is 1. The van der Waals surface area contributed by atoms with Crippen LogP contribution >= 0.6 is 24.0 Å². The molecule has 2 N–H and O–H groups in total. The second-order valence-electron chi connectivity index (χ2n) is 6.72. The number of nitrogens with one attached hydrogen (secondary N) is 2. The van der Waals surface area contributed by atoms with Crippen LogP contribution in [0, 0.1) is 0 Å². The van der Waals surface area contributed by atoms with Gasteiger partial charge >= 0.3 is 0 Å². The summed E-state index contributed by atoms with van der Waals surface area (Å²) in [6, 6.07) is 16.9. The summed E-state index contributed by atoms with van der Waals surface area (Å²) in [6.45, 7) is 5.10. The third-order valence-electron chi connectivity index (χ3n) is 4.86. The molecule has 2 aromatic carbocycles. The number of hydrogen-bond donors (Lipinski definition) is 2. The number of morpholine rings is 1. The maximum Gasteiger partial charge on any atom is 0.191 e. The Morgan fingerprint density at radius 1 is 1.00 bits per heavy atom. The van der Waals surface area contributed by atoms with Gasteiger partial charge in [-0.2, -0.15) is 0 Å². The van der Waals surface area contributed by atoms with Crippen molar-refractivity contribution in [1.29, 1.82) is 0 Å². The van der Waals surface area contributed by atoms with Gasteiger partial charge < -0.3 is 25.0 Å². The smallest absolute Gasteiger partial charge is 0.191 e. The molecule has 0 amide bonds. The van der Waals surface area contributed by atoms with Gasteiger partial charge in [-0.25, -0.2) is 0 Å². The first-order chi connectivity index (χ1) is 13.8. The highest BCUT2D eigenvalue weighted by molar-refractivity contribution is 14.0. The van der Waals surface area contributed by atoms with Crippen molar-refractivity contribution in [3.8, 4) is 5.75 Å². The lowest BCUT2D eigenvalue weighted by atomic mass is 10.1. The van der Waals surface area contributed by atoms with Gasteiger partial charge in [-0.05, 0) is 41.8 Å². The number of aliphatic imine (C=N–C) groups is 1. The highest BCUT2D eigenvalue weighted by Crippen LogP contribution is 2.16. The highest BCUT2D eigenvalue weighted by Gasteiger charge is 2.10. The Hall–Kier alpha value is -2.00. The molecule has 7 heteroatoms. The lowest BCUT2D eigenvalue weighted by Crippen LogP contribution is -2.38. The molecule has 3 rings (SSSR count). The van der Waals surface area contributed by atoms with Crippen LogP contribution in [0.1, 0.15) is 11.1 Å². The van der Waals surface area contributed by atoms with E-state index in [0.29, 0.717) is 0 Å². The number of methoxy groups -OCH3 is 1. The van der Waals surface area contributed by atoms with Gasteiger partial charge in [-0.1, -0.05) is 24.3 Å². The third-order valence-corrected chi connectivity index (χ3v) is 4.86. The van der Waals surface area contributed by atoms with Crippen molar-refractivity contribution in [2.24, 2.45) is 4.99 Å². The number of anilines is 1. The predicted octanol–water partition coefficient (Wildman–Crippen LogP) is 3.06. The van der Waals surface area contributed by atoms with Gasteiger partial charge in [-0.3, -0.25) is 4.99 Å². The van der Waals surface area contributed by atoms with Crippen molar-refractivity contribution in [2.45, 2.75) is 13.0 Å². The zero-order valence-electron chi connectivity index (χ0n) is 17.2. The zero-order chi connectivity index (χ0) is 19.6. The SMILES string of the molecule is CN=C(NCCc1ccc(OC)cc1)NCc1ccc(N2CCOCC2)cc1.I. The Labute approximate surface area is 190 Å². The number of halogens is 1. The van der Waals surface area contributed by atoms with Gasteiger partial charge in [0, 0.05) is 38.9 Å². The van der Waals surface area contributed by atoms with Crippen molar-refractivity contribution in [3.63, 3.8) is 0 Å². The second kappa shape index (κ2) is 12.5. The topological polar surface area (TPSA) is 58.1 Å². The molecule has 0 radical (unpaired) electrons. The molecular formula is C22H31IN4O2. The van der Waals surface area contributed by atoms with Crippen LogP contribution < -0.4 is 20.3 Å². The Morgan fingerprint density at radius 3 is 2.28 bits per heavy atom. The van der Waals surface area contributed by atoms with Crippen LogP contribution in [0.4, 0.5) is 5.69 Å². The fourth-order valence-corrected chi connectivity index (χ4v) is 3.17. The molecule has 0 aromatic heterocycles. The van der Waals surface area contributed by atoms with Gasteiger partial charge in [0.1, 0.15) is 5.75 Å². The highest BCUT2D eigenvalue weighted by atomic mass is 127. The first kappa shape index (κ1) is 23.3.